The van der Waals surface area contributed by atoms with Gasteiger partial charge in [-0.15, -0.1) is 0 Å². The molecule has 1 aromatic carbocycles. The third-order valence-electron chi connectivity index (χ3n) is 4.90. The Hall–Kier alpha value is -2.44. The molecule has 0 amide bonds. The molecule has 0 aliphatic carbocycles. The van der Waals surface area contributed by atoms with Crippen molar-refractivity contribution < 1.29 is 9.84 Å². The summed E-state index contributed by atoms with van der Waals surface area (Å²) in [6.07, 6.45) is 2.59. The number of ether oxygens (including phenoxy) is 1. The number of hydrogen-bond acceptors (Lipinski definition) is 5. The molecule has 0 saturated carbocycles. The van der Waals surface area contributed by atoms with Gasteiger partial charge in [0, 0.05) is 23.7 Å². The van der Waals surface area contributed by atoms with E-state index in [0.717, 1.165) is 28.4 Å². The van der Waals surface area contributed by atoms with Crippen LogP contribution in [0.2, 0.25) is 0 Å². The zero-order chi connectivity index (χ0) is 20.5. The lowest BCUT2D eigenvalue weighted by Gasteiger charge is -2.26. The van der Waals surface area contributed by atoms with E-state index in [4.69, 9.17) is 10.5 Å². The van der Waals surface area contributed by atoms with Crippen molar-refractivity contribution in [1.29, 1.82) is 0 Å². The van der Waals surface area contributed by atoms with Crippen LogP contribution < -0.4 is 16.0 Å². The van der Waals surface area contributed by atoms with Crippen LogP contribution in [0.15, 0.2) is 35.3 Å². The standard InChI is InChI=1S/C22H29N3O3/c1-14(2)12-22(4,23)13-28-16-5-6-17-18-7-8-24-15(3)20(18)25(9-10-26)21(27)19(17)11-16/h5-8,11,14,26H,9-10,12-13,23H2,1-4H3. The third-order valence-corrected chi connectivity index (χ3v) is 4.90. The summed E-state index contributed by atoms with van der Waals surface area (Å²) < 4.78 is 7.53. The molecule has 2 aromatic heterocycles. The predicted octanol–water partition coefficient (Wildman–Crippen LogP) is 2.99. The van der Waals surface area contributed by atoms with Crippen molar-refractivity contribution in [3.8, 4) is 5.75 Å². The number of fused-ring (bicyclic) bond motifs is 3. The van der Waals surface area contributed by atoms with Gasteiger partial charge in [-0.05, 0) is 55.8 Å². The second kappa shape index (κ2) is 7.89. The summed E-state index contributed by atoms with van der Waals surface area (Å²) in [5.41, 5.74) is 7.26. The monoisotopic (exact) mass is 383 g/mol. The van der Waals surface area contributed by atoms with Gasteiger partial charge in [-0.3, -0.25) is 9.78 Å². The maximum absolute atomic E-state index is 13.1. The van der Waals surface area contributed by atoms with E-state index >= 15 is 0 Å². The number of hydrogen-bond donors (Lipinski definition) is 2. The van der Waals surface area contributed by atoms with Crippen molar-refractivity contribution >= 4 is 21.7 Å². The lowest BCUT2D eigenvalue weighted by Crippen LogP contribution is -2.43. The van der Waals surface area contributed by atoms with Crippen LogP contribution in [0.25, 0.3) is 21.7 Å². The number of nitrogens with two attached hydrogens (primary N) is 1. The van der Waals surface area contributed by atoms with Crippen molar-refractivity contribution in [3.63, 3.8) is 0 Å². The summed E-state index contributed by atoms with van der Waals surface area (Å²) in [4.78, 5) is 17.4. The number of aromatic nitrogens is 2. The van der Waals surface area contributed by atoms with E-state index in [1.165, 1.54) is 0 Å². The Labute approximate surface area is 165 Å². The molecule has 1 unspecified atom stereocenters. The van der Waals surface area contributed by atoms with Gasteiger partial charge >= 0.3 is 0 Å². The molecule has 0 bridgehead atoms. The molecule has 3 aromatic rings. The van der Waals surface area contributed by atoms with E-state index in [0.29, 0.717) is 23.7 Å². The van der Waals surface area contributed by atoms with Gasteiger partial charge < -0.3 is 20.1 Å². The van der Waals surface area contributed by atoms with Crippen LogP contribution in [0.1, 0.15) is 32.9 Å². The summed E-state index contributed by atoms with van der Waals surface area (Å²) >= 11 is 0. The molecule has 2 heterocycles. The Morgan fingerprint density at radius 3 is 2.68 bits per heavy atom. The SMILES string of the molecule is Cc1nccc2c3ccc(OCC(C)(N)CC(C)C)cc3c(=O)n(CCO)c12. The predicted molar refractivity (Wildman–Crippen MR) is 113 cm³/mol. The van der Waals surface area contributed by atoms with Crippen LogP contribution in [0, 0.1) is 12.8 Å². The quantitative estimate of drug-likeness (QED) is 0.612. The number of aliphatic hydroxyl groups is 1. The molecule has 6 heteroatoms. The van der Waals surface area contributed by atoms with Gasteiger partial charge in [-0.1, -0.05) is 13.8 Å². The van der Waals surface area contributed by atoms with Crippen LogP contribution >= 0.6 is 0 Å². The van der Waals surface area contributed by atoms with E-state index in [1.807, 2.05) is 32.0 Å². The molecule has 0 spiro atoms. The minimum absolute atomic E-state index is 0.119. The molecule has 3 rings (SSSR count). The molecule has 0 radical (unpaired) electrons. The van der Waals surface area contributed by atoms with Gasteiger partial charge in [0.15, 0.2) is 0 Å². The number of aliphatic hydroxyl groups excluding tert-OH is 1. The first-order chi connectivity index (χ1) is 13.2. The average Bonchev–Trinajstić information content (AvgIpc) is 2.62. The summed E-state index contributed by atoms with van der Waals surface area (Å²) in [7, 11) is 0. The zero-order valence-corrected chi connectivity index (χ0v) is 17.0. The Kier molecular flexibility index (Phi) is 5.72. The smallest absolute Gasteiger partial charge is 0.259 e. The highest BCUT2D eigenvalue weighted by Gasteiger charge is 2.21. The Bertz CT molecular complexity index is 1050. The second-order valence-electron chi connectivity index (χ2n) is 8.22. The van der Waals surface area contributed by atoms with E-state index in [1.54, 1.807) is 16.8 Å². The minimum Gasteiger partial charge on any atom is -0.492 e. The van der Waals surface area contributed by atoms with Crippen molar-refractivity contribution in [1.82, 2.24) is 9.55 Å². The van der Waals surface area contributed by atoms with Crippen molar-refractivity contribution in [2.45, 2.75) is 46.2 Å². The molecule has 150 valence electrons. The molecule has 3 N–H and O–H groups in total. The normalized spacial score (nSPS) is 14.0. The molecular formula is C22H29N3O3. The fraction of sp³-hybridized carbons (Fsp3) is 0.455. The summed E-state index contributed by atoms with van der Waals surface area (Å²) in [6.45, 7) is 8.59. The van der Waals surface area contributed by atoms with Gasteiger partial charge in [0.1, 0.15) is 12.4 Å². The van der Waals surface area contributed by atoms with Crippen LogP contribution in [-0.2, 0) is 6.54 Å². The summed E-state index contributed by atoms with van der Waals surface area (Å²) in [6, 6.07) is 7.45. The zero-order valence-electron chi connectivity index (χ0n) is 17.0. The molecular weight excluding hydrogens is 354 g/mol. The van der Waals surface area contributed by atoms with E-state index in [-0.39, 0.29) is 18.7 Å². The van der Waals surface area contributed by atoms with Crippen LogP contribution in [-0.4, -0.2) is 33.4 Å². The highest BCUT2D eigenvalue weighted by molar-refractivity contribution is 6.06. The highest BCUT2D eigenvalue weighted by Crippen LogP contribution is 2.27. The summed E-state index contributed by atoms with van der Waals surface area (Å²) in [5.74, 6) is 1.09. The highest BCUT2D eigenvalue weighted by atomic mass is 16.5. The number of aryl methyl sites for hydroxylation is 1. The first-order valence-electron chi connectivity index (χ1n) is 9.68. The van der Waals surface area contributed by atoms with E-state index < -0.39 is 5.54 Å². The number of rotatable bonds is 7. The van der Waals surface area contributed by atoms with Crippen molar-refractivity contribution in [3.05, 3.63) is 46.5 Å². The van der Waals surface area contributed by atoms with Gasteiger partial charge in [0.05, 0.1) is 23.2 Å². The van der Waals surface area contributed by atoms with Crippen molar-refractivity contribution in [2.75, 3.05) is 13.2 Å². The molecule has 0 saturated heterocycles. The number of pyridine rings is 2. The molecule has 0 aliphatic rings. The average molecular weight is 383 g/mol. The van der Waals surface area contributed by atoms with Gasteiger partial charge in [-0.2, -0.15) is 0 Å². The largest absolute Gasteiger partial charge is 0.492 e. The minimum atomic E-state index is -0.438. The number of benzene rings is 1. The fourth-order valence-corrected chi connectivity index (χ4v) is 3.94. The van der Waals surface area contributed by atoms with Gasteiger partial charge in [0.2, 0.25) is 0 Å². The first kappa shape index (κ1) is 20.3. The van der Waals surface area contributed by atoms with Crippen LogP contribution in [0.4, 0.5) is 0 Å². The Morgan fingerprint density at radius 1 is 1.25 bits per heavy atom. The molecule has 6 nitrogen and oxygen atoms in total. The summed E-state index contributed by atoms with van der Waals surface area (Å²) in [5, 5.41) is 11.8. The Morgan fingerprint density at radius 2 is 2.00 bits per heavy atom. The topological polar surface area (TPSA) is 90.4 Å². The Balaban J connectivity index is 2.08. The maximum atomic E-state index is 13.1. The molecule has 1 atom stereocenters. The maximum Gasteiger partial charge on any atom is 0.259 e. The lowest BCUT2D eigenvalue weighted by atomic mass is 9.93. The number of nitrogens with zero attached hydrogens (tertiary/aromatic N) is 2. The fourth-order valence-electron chi connectivity index (χ4n) is 3.94. The lowest BCUT2D eigenvalue weighted by molar-refractivity contribution is 0.207. The van der Waals surface area contributed by atoms with Crippen LogP contribution in [0.3, 0.4) is 0 Å². The van der Waals surface area contributed by atoms with Crippen molar-refractivity contribution in [2.24, 2.45) is 11.7 Å². The second-order valence-corrected chi connectivity index (χ2v) is 8.22. The van der Waals surface area contributed by atoms with Crippen LogP contribution in [0.5, 0.6) is 5.75 Å². The first-order valence-corrected chi connectivity index (χ1v) is 9.68. The van der Waals surface area contributed by atoms with E-state index in [9.17, 15) is 9.90 Å². The molecule has 0 fully saturated rings. The third kappa shape index (κ3) is 4.03. The van der Waals surface area contributed by atoms with Gasteiger partial charge in [0.25, 0.3) is 5.56 Å². The van der Waals surface area contributed by atoms with Gasteiger partial charge in [-0.25, -0.2) is 0 Å². The van der Waals surface area contributed by atoms with E-state index in [2.05, 4.69) is 18.8 Å². The molecule has 28 heavy (non-hydrogen) atoms. The molecule has 0 aliphatic heterocycles.